The van der Waals surface area contributed by atoms with Gasteiger partial charge in [0.05, 0.1) is 7.11 Å². The van der Waals surface area contributed by atoms with Crippen molar-refractivity contribution >= 4 is 12.0 Å². The van der Waals surface area contributed by atoms with E-state index < -0.39 is 12.0 Å². The van der Waals surface area contributed by atoms with Crippen molar-refractivity contribution in [2.45, 2.75) is 0 Å². The summed E-state index contributed by atoms with van der Waals surface area (Å²) in [7, 11) is 2.74. The maximum absolute atomic E-state index is 11.2. The SMILES string of the molecule is C=CCN(CC(=O)N(C)OC)C(=O)O. The monoisotopic (exact) mass is 202 g/mol. The minimum Gasteiger partial charge on any atom is -0.465 e. The average molecular weight is 202 g/mol. The largest absolute Gasteiger partial charge is 0.465 e. The third-order valence-electron chi connectivity index (χ3n) is 1.57. The Balaban J connectivity index is 4.22. The summed E-state index contributed by atoms with van der Waals surface area (Å²) in [4.78, 5) is 27.4. The maximum atomic E-state index is 11.2. The van der Waals surface area contributed by atoms with Crippen molar-refractivity contribution in [2.24, 2.45) is 0 Å². The Kier molecular flexibility index (Phi) is 5.31. The van der Waals surface area contributed by atoms with E-state index in [1.165, 1.54) is 20.2 Å². The van der Waals surface area contributed by atoms with Gasteiger partial charge in [-0.3, -0.25) is 14.5 Å². The van der Waals surface area contributed by atoms with Crippen LogP contribution in [0.5, 0.6) is 0 Å². The highest BCUT2D eigenvalue weighted by atomic mass is 16.7. The summed E-state index contributed by atoms with van der Waals surface area (Å²) in [5, 5.41) is 9.65. The first-order chi connectivity index (χ1) is 6.52. The molecule has 0 aromatic carbocycles. The highest BCUT2D eigenvalue weighted by Gasteiger charge is 2.17. The molecule has 0 radical (unpaired) electrons. The number of likely N-dealkylation sites (N-methyl/N-ethyl adjacent to an activating group) is 1. The van der Waals surface area contributed by atoms with Gasteiger partial charge in [-0.15, -0.1) is 6.58 Å². The molecule has 0 aliphatic carbocycles. The third kappa shape index (κ3) is 3.90. The Morgan fingerprint density at radius 3 is 2.50 bits per heavy atom. The molecule has 2 amide bonds. The van der Waals surface area contributed by atoms with Crippen LogP contribution >= 0.6 is 0 Å². The Labute approximate surface area is 82.3 Å². The van der Waals surface area contributed by atoms with Gasteiger partial charge in [-0.25, -0.2) is 9.86 Å². The third-order valence-corrected chi connectivity index (χ3v) is 1.57. The van der Waals surface area contributed by atoms with Crippen LogP contribution in [0.25, 0.3) is 0 Å². The predicted molar refractivity (Wildman–Crippen MR) is 49.6 cm³/mol. The summed E-state index contributed by atoms with van der Waals surface area (Å²) in [5.41, 5.74) is 0. The summed E-state index contributed by atoms with van der Waals surface area (Å²) in [5.74, 6) is -0.434. The van der Waals surface area contributed by atoms with Crippen molar-refractivity contribution in [3.63, 3.8) is 0 Å². The molecule has 0 aliphatic rings. The first kappa shape index (κ1) is 12.4. The fraction of sp³-hybridized carbons (Fsp3) is 0.500. The molecule has 0 rings (SSSR count). The van der Waals surface area contributed by atoms with Crippen LogP contribution in [-0.4, -0.2) is 54.3 Å². The molecule has 0 bridgehead atoms. The van der Waals surface area contributed by atoms with Crippen LogP contribution in [0.15, 0.2) is 12.7 Å². The number of carbonyl (C=O) groups is 2. The van der Waals surface area contributed by atoms with Crippen LogP contribution < -0.4 is 0 Å². The molecule has 0 aromatic heterocycles. The number of hydrogen-bond donors (Lipinski definition) is 1. The van der Waals surface area contributed by atoms with Gasteiger partial charge in [-0.1, -0.05) is 6.08 Å². The standard InChI is InChI=1S/C8H14N2O4/c1-4-5-10(8(12)13)6-7(11)9(2)14-3/h4H,1,5-6H2,2-3H3,(H,12,13). The molecule has 0 spiro atoms. The fourth-order valence-electron chi connectivity index (χ4n) is 0.731. The second-order valence-electron chi connectivity index (χ2n) is 2.53. The van der Waals surface area contributed by atoms with Crippen LogP contribution in [0.2, 0.25) is 0 Å². The topological polar surface area (TPSA) is 70.1 Å². The molecule has 0 atom stereocenters. The highest BCUT2D eigenvalue weighted by Crippen LogP contribution is 1.93. The Hall–Kier alpha value is -1.56. The number of carbonyl (C=O) groups excluding carboxylic acids is 1. The van der Waals surface area contributed by atoms with Crippen LogP contribution in [0.4, 0.5) is 4.79 Å². The Bertz CT molecular complexity index is 229. The van der Waals surface area contributed by atoms with Crippen LogP contribution in [0.1, 0.15) is 0 Å². The van der Waals surface area contributed by atoms with Gasteiger partial charge in [0.2, 0.25) is 0 Å². The average Bonchev–Trinajstić information content (AvgIpc) is 2.15. The molecule has 0 aliphatic heterocycles. The number of hydrogen-bond acceptors (Lipinski definition) is 3. The van der Waals surface area contributed by atoms with E-state index in [4.69, 9.17) is 5.11 Å². The molecule has 0 saturated carbocycles. The number of nitrogens with zero attached hydrogens (tertiary/aromatic N) is 2. The Morgan fingerprint density at radius 2 is 2.14 bits per heavy atom. The van der Waals surface area contributed by atoms with E-state index in [0.29, 0.717) is 0 Å². The minimum absolute atomic E-state index is 0.110. The van der Waals surface area contributed by atoms with Gasteiger partial charge in [0.25, 0.3) is 5.91 Å². The predicted octanol–water partition coefficient (Wildman–Crippen LogP) is 0.172. The fourth-order valence-corrected chi connectivity index (χ4v) is 0.731. The molecule has 0 unspecified atom stereocenters. The van der Waals surface area contributed by atoms with Crippen molar-refractivity contribution < 1.29 is 19.5 Å². The van der Waals surface area contributed by atoms with Crippen LogP contribution in [-0.2, 0) is 9.63 Å². The summed E-state index contributed by atoms with van der Waals surface area (Å²) >= 11 is 0. The zero-order valence-electron chi connectivity index (χ0n) is 8.27. The van der Waals surface area contributed by atoms with Gasteiger partial charge in [0.15, 0.2) is 0 Å². The molecule has 0 heterocycles. The minimum atomic E-state index is -1.16. The smallest absolute Gasteiger partial charge is 0.408 e. The number of carboxylic acid groups (broad SMARTS) is 1. The zero-order chi connectivity index (χ0) is 11.1. The molecule has 0 aromatic rings. The Morgan fingerprint density at radius 1 is 1.57 bits per heavy atom. The van der Waals surface area contributed by atoms with E-state index in [1.54, 1.807) is 0 Å². The van der Waals surface area contributed by atoms with Gasteiger partial charge in [0.1, 0.15) is 6.54 Å². The second-order valence-corrected chi connectivity index (χ2v) is 2.53. The normalized spacial score (nSPS) is 9.29. The number of hydroxylamine groups is 2. The first-order valence-electron chi connectivity index (χ1n) is 3.92. The van der Waals surface area contributed by atoms with E-state index in [9.17, 15) is 9.59 Å². The molecule has 6 heteroatoms. The van der Waals surface area contributed by atoms with Gasteiger partial charge < -0.3 is 5.11 Å². The molecule has 6 nitrogen and oxygen atoms in total. The lowest BCUT2D eigenvalue weighted by Crippen LogP contribution is -2.40. The molecule has 1 N–H and O–H groups in total. The molecular formula is C8H14N2O4. The number of amides is 2. The van der Waals surface area contributed by atoms with Gasteiger partial charge in [-0.2, -0.15) is 0 Å². The lowest BCUT2D eigenvalue weighted by molar-refractivity contribution is -0.169. The van der Waals surface area contributed by atoms with E-state index in [-0.39, 0.29) is 13.1 Å². The second kappa shape index (κ2) is 5.98. The van der Waals surface area contributed by atoms with E-state index in [1.807, 2.05) is 0 Å². The first-order valence-corrected chi connectivity index (χ1v) is 3.92. The summed E-state index contributed by atoms with van der Waals surface area (Å²) in [6.45, 7) is 3.26. The van der Waals surface area contributed by atoms with Gasteiger partial charge in [-0.05, 0) is 0 Å². The van der Waals surface area contributed by atoms with E-state index in [2.05, 4.69) is 11.4 Å². The lowest BCUT2D eigenvalue weighted by atomic mass is 10.4. The van der Waals surface area contributed by atoms with Gasteiger partial charge in [0, 0.05) is 13.6 Å². The van der Waals surface area contributed by atoms with E-state index >= 15 is 0 Å². The van der Waals surface area contributed by atoms with Crippen molar-refractivity contribution in [1.82, 2.24) is 9.96 Å². The molecule has 0 saturated heterocycles. The molecule has 0 fully saturated rings. The molecule has 80 valence electrons. The van der Waals surface area contributed by atoms with Crippen molar-refractivity contribution in [2.75, 3.05) is 27.2 Å². The quantitative estimate of drug-likeness (QED) is 0.509. The zero-order valence-corrected chi connectivity index (χ0v) is 8.27. The lowest BCUT2D eigenvalue weighted by Gasteiger charge is -2.20. The summed E-state index contributed by atoms with van der Waals surface area (Å²) in [6, 6.07) is 0. The van der Waals surface area contributed by atoms with Gasteiger partial charge >= 0.3 is 6.09 Å². The van der Waals surface area contributed by atoms with Crippen molar-refractivity contribution in [3.05, 3.63) is 12.7 Å². The summed E-state index contributed by atoms with van der Waals surface area (Å²) in [6.07, 6.45) is 0.247. The van der Waals surface area contributed by atoms with Crippen molar-refractivity contribution in [1.29, 1.82) is 0 Å². The van der Waals surface area contributed by atoms with Crippen LogP contribution in [0.3, 0.4) is 0 Å². The van der Waals surface area contributed by atoms with Crippen LogP contribution in [0, 0.1) is 0 Å². The molecule has 14 heavy (non-hydrogen) atoms. The van der Waals surface area contributed by atoms with E-state index in [0.717, 1.165) is 9.96 Å². The maximum Gasteiger partial charge on any atom is 0.408 e. The molecular weight excluding hydrogens is 188 g/mol. The number of rotatable bonds is 5. The highest BCUT2D eigenvalue weighted by molar-refractivity contribution is 5.80. The summed E-state index contributed by atoms with van der Waals surface area (Å²) < 4.78 is 0. The van der Waals surface area contributed by atoms with Crippen molar-refractivity contribution in [3.8, 4) is 0 Å².